The van der Waals surface area contributed by atoms with Crippen LogP contribution in [0.4, 0.5) is 0 Å². The molecule has 1 unspecified atom stereocenters. The van der Waals surface area contributed by atoms with Crippen molar-refractivity contribution in [3.63, 3.8) is 0 Å². The topological polar surface area (TPSA) is 61.5 Å². The summed E-state index contributed by atoms with van der Waals surface area (Å²) in [5.41, 5.74) is 7.59. The number of hydrogen-bond donors (Lipinski definition) is 1. The lowest BCUT2D eigenvalue weighted by Crippen LogP contribution is -2.32. The molecule has 18 heavy (non-hydrogen) atoms. The van der Waals surface area contributed by atoms with Gasteiger partial charge in [0.25, 0.3) is 0 Å². The van der Waals surface area contributed by atoms with E-state index in [1.165, 1.54) is 0 Å². The Morgan fingerprint density at radius 3 is 3.17 bits per heavy atom. The van der Waals surface area contributed by atoms with Gasteiger partial charge in [0.15, 0.2) is 5.78 Å². The van der Waals surface area contributed by atoms with Crippen molar-refractivity contribution in [3.05, 3.63) is 29.3 Å². The highest BCUT2D eigenvalue weighted by Gasteiger charge is 2.22. The van der Waals surface area contributed by atoms with Gasteiger partial charge in [-0.15, -0.1) is 0 Å². The van der Waals surface area contributed by atoms with E-state index in [4.69, 9.17) is 15.2 Å². The molecule has 0 spiro atoms. The highest BCUT2D eigenvalue weighted by Crippen LogP contribution is 2.29. The highest BCUT2D eigenvalue weighted by atomic mass is 16.5. The second kappa shape index (κ2) is 5.98. The Morgan fingerprint density at radius 2 is 2.39 bits per heavy atom. The lowest BCUT2D eigenvalue weighted by molar-refractivity contribution is 0.0930. The number of carbonyl (C=O) groups is 1. The number of aryl methyl sites for hydroxylation is 1. The molecule has 0 fully saturated rings. The van der Waals surface area contributed by atoms with Crippen LogP contribution in [0.3, 0.4) is 0 Å². The number of hydrogen-bond acceptors (Lipinski definition) is 4. The van der Waals surface area contributed by atoms with Crippen molar-refractivity contribution in [2.75, 3.05) is 20.3 Å². The Kier molecular flexibility index (Phi) is 4.33. The standard InChI is InChI=1S/C14H19NO3/c1-17-9-7-12(15)13(16)11-6-2-4-10-5-3-8-18-14(10)11/h2,4,6,12H,3,5,7-9,15H2,1H3. The van der Waals surface area contributed by atoms with Crippen LogP contribution in [-0.2, 0) is 11.2 Å². The molecule has 2 rings (SSSR count). The van der Waals surface area contributed by atoms with Crippen LogP contribution in [0.1, 0.15) is 28.8 Å². The Balaban J connectivity index is 2.19. The van der Waals surface area contributed by atoms with Crippen molar-refractivity contribution in [2.45, 2.75) is 25.3 Å². The van der Waals surface area contributed by atoms with Crippen LogP contribution < -0.4 is 10.5 Å². The van der Waals surface area contributed by atoms with E-state index >= 15 is 0 Å². The predicted molar refractivity (Wildman–Crippen MR) is 69.1 cm³/mol. The molecule has 1 aliphatic rings. The average Bonchev–Trinajstić information content (AvgIpc) is 2.43. The van der Waals surface area contributed by atoms with Crippen molar-refractivity contribution in [1.29, 1.82) is 0 Å². The van der Waals surface area contributed by atoms with Crippen LogP contribution in [0.25, 0.3) is 0 Å². The zero-order valence-electron chi connectivity index (χ0n) is 10.6. The molecule has 0 aromatic heterocycles. The Bertz CT molecular complexity index is 431. The average molecular weight is 249 g/mol. The molecule has 0 bridgehead atoms. The fraction of sp³-hybridized carbons (Fsp3) is 0.500. The Morgan fingerprint density at radius 1 is 1.56 bits per heavy atom. The maximum absolute atomic E-state index is 12.3. The summed E-state index contributed by atoms with van der Waals surface area (Å²) in [4.78, 5) is 12.3. The molecule has 1 aromatic carbocycles. The van der Waals surface area contributed by atoms with Crippen molar-refractivity contribution < 1.29 is 14.3 Å². The fourth-order valence-corrected chi connectivity index (χ4v) is 2.16. The van der Waals surface area contributed by atoms with Gasteiger partial charge in [0, 0.05) is 13.7 Å². The van der Waals surface area contributed by atoms with Gasteiger partial charge >= 0.3 is 0 Å². The minimum Gasteiger partial charge on any atom is -0.493 e. The van der Waals surface area contributed by atoms with Gasteiger partial charge in [-0.25, -0.2) is 0 Å². The zero-order chi connectivity index (χ0) is 13.0. The predicted octanol–water partition coefficient (Wildman–Crippen LogP) is 1.56. The molecule has 1 heterocycles. The smallest absolute Gasteiger partial charge is 0.183 e. The number of ether oxygens (including phenoxy) is 2. The van der Waals surface area contributed by atoms with Crippen molar-refractivity contribution in [2.24, 2.45) is 5.73 Å². The summed E-state index contributed by atoms with van der Waals surface area (Å²) in [7, 11) is 1.60. The van der Waals surface area contributed by atoms with Crippen LogP contribution in [0.5, 0.6) is 5.75 Å². The summed E-state index contributed by atoms with van der Waals surface area (Å²) < 4.78 is 10.6. The molecular formula is C14H19NO3. The van der Waals surface area contributed by atoms with E-state index < -0.39 is 6.04 Å². The summed E-state index contributed by atoms with van der Waals surface area (Å²) >= 11 is 0. The monoisotopic (exact) mass is 249 g/mol. The van der Waals surface area contributed by atoms with Gasteiger partial charge in [-0.2, -0.15) is 0 Å². The van der Waals surface area contributed by atoms with E-state index in [2.05, 4.69) is 0 Å². The first-order valence-electron chi connectivity index (χ1n) is 6.27. The number of benzene rings is 1. The second-order valence-electron chi connectivity index (χ2n) is 4.50. The first kappa shape index (κ1) is 13.1. The van der Waals surface area contributed by atoms with Gasteiger partial charge in [0.2, 0.25) is 0 Å². The zero-order valence-corrected chi connectivity index (χ0v) is 10.6. The Labute approximate surface area is 107 Å². The molecule has 0 amide bonds. The minimum atomic E-state index is -0.526. The first-order chi connectivity index (χ1) is 8.74. The number of ketones is 1. The summed E-state index contributed by atoms with van der Waals surface area (Å²) in [6, 6.07) is 5.16. The van der Waals surface area contributed by atoms with E-state index in [1.807, 2.05) is 12.1 Å². The number of fused-ring (bicyclic) bond motifs is 1. The fourth-order valence-electron chi connectivity index (χ4n) is 2.16. The Hall–Kier alpha value is -1.39. The van der Waals surface area contributed by atoms with Gasteiger partial charge in [0.05, 0.1) is 18.2 Å². The normalized spacial score (nSPS) is 15.7. The van der Waals surface area contributed by atoms with E-state index in [1.54, 1.807) is 13.2 Å². The molecule has 0 aliphatic carbocycles. The molecule has 2 N–H and O–H groups in total. The third-order valence-corrected chi connectivity index (χ3v) is 3.17. The maximum Gasteiger partial charge on any atom is 0.183 e. The summed E-state index contributed by atoms with van der Waals surface area (Å²) in [6.45, 7) is 1.16. The van der Waals surface area contributed by atoms with Gasteiger partial charge in [-0.3, -0.25) is 4.79 Å². The second-order valence-corrected chi connectivity index (χ2v) is 4.50. The van der Waals surface area contributed by atoms with Crippen LogP contribution in [0.15, 0.2) is 18.2 Å². The number of carbonyl (C=O) groups excluding carboxylic acids is 1. The third-order valence-electron chi connectivity index (χ3n) is 3.17. The molecule has 1 atom stereocenters. The van der Waals surface area contributed by atoms with Gasteiger partial charge < -0.3 is 15.2 Å². The highest BCUT2D eigenvalue weighted by molar-refractivity contribution is 6.02. The molecule has 4 heteroatoms. The summed E-state index contributed by atoms with van der Waals surface area (Å²) in [6.07, 6.45) is 2.49. The largest absolute Gasteiger partial charge is 0.493 e. The molecule has 0 saturated carbocycles. The number of Topliss-reactive ketones (excluding diaryl/α,β-unsaturated/α-hetero) is 1. The molecule has 98 valence electrons. The number of rotatable bonds is 5. The molecule has 1 aliphatic heterocycles. The van der Waals surface area contributed by atoms with E-state index in [0.717, 1.165) is 24.2 Å². The van der Waals surface area contributed by atoms with Crippen molar-refractivity contribution >= 4 is 5.78 Å². The molecular weight excluding hydrogens is 230 g/mol. The lowest BCUT2D eigenvalue weighted by Gasteiger charge is -2.21. The number of methoxy groups -OCH3 is 1. The van der Waals surface area contributed by atoms with Gasteiger partial charge in [0.1, 0.15) is 5.75 Å². The van der Waals surface area contributed by atoms with Crippen LogP contribution >= 0.6 is 0 Å². The first-order valence-corrected chi connectivity index (χ1v) is 6.27. The van der Waals surface area contributed by atoms with Crippen molar-refractivity contribution in [3.8, 4) is 5.75 Å². The SMILES string of the molecule is COCCC(N)C(=O)c1cccc2c1OCCC2. The summed E-state index contributed by atoms with van der Waals surface area (Å²) in [5.74, 6) is 0.660. The number of para-hydroxylation sites is 1. The van der Waals surface area contributed by atoms with E-state index in [0.29, 0.717) is 25.2 Å². The van der Waals surface area contributed by atoms with E-state index in [-0.39, 0.29) is 5.78 Å². The van der Waals surface area contributed by atoms with Gasteiger partial charge in [-0.05, 0) is 30.9 Å². The quantitative estimate of drug-likeness (QED) is 0.804. The maximum atomic E-state index is 12.3. The number of nitrogens with two attached hydrogens (primary N) is 1. The lowest BCUT2D eigenvalue weighted by atomic mass is 9.96. The van der Waals surface area contributed by atoms with Crippen LogP contribution in [0, 0.1) is 0 Å². The van der Waals surface area contributed by atoms with E-state index in [9.17, 15) is 4.79 Å². The summed E-state index contributed by atoms with van der Waals surface area (Å²) in [5, 5.41) is 0. The molecule has 0 radical (unpaired) electrons. The molecule has 0 saturated heterocycles. The van der Waals surface area contributed by atoms with Crippen LogP contribution in [0.2, 0.25) is 0 Å². The molecule has 1 aromatic rings. The van der Waals surface area contributed by atoms with Crippen LogP contribution in [-0.4, -0.2) is 32.1 Å². The third kappa shape index (κ3) is 2.71. The molecule has 4 nitrogen and oxygen atoms in total. The minimum absolute atomic E-state index is 0.0641. The van der Waals surface area contributed by atoms with Crippen molar-refractivity contribution in [1.82, 2.24) is 0 Å². The van der Waals surface area contributed by atoms with Gasteiger partial charge in [-0.1, -0.05) is 12.1 Å².